The van der Waals surface area contributed by atoms with Crippen molar-refractivity contribution in [1.29, 1.82) is 0 Å². The number of anilines is 2. The number of nitrogens with zero attached hydrogens (tertiary/aromatic N) is 1. The molecule has 138 valence electrons. The maximum Gasteiger partial charge on any atom is 0.261 e. The number of carbonyl (C=O) groups is 1. The van der Waals surface area contributed by atoms with Crippen molar-refractivity contribution in [1.82, 2.24) is 5.32 Å². The lowest BCUT2D eigenvalue weighted by Crippen LogP contribution is -2.27. The number of ether oxygens (including phenoxy) is 1. The van der Waals surface area contributed by atoms with Crippen molar-refractivity contribution in [3.05, 3.63) is 71.1 Å². The number of carbonyl (C=O) groups excluding carboxylic acids is 1. The molecule has 0 bridgehead atoms. The van der Waals surface area contributed by atoms with Gasteiger partial charge in [0.15, 0.2) is 0 Å². The molecule has 27 heavy (non-hydrogen) atoms. The highest BCUT2D eigenvalue weighted by Gasteiger charge is 2.21. The summed E-state index contributed by atoms with van der Waals surface area (Å²) >= 11 is 3.22. The van der Waals surface area contributed by atoms with Gasteiger partial charge in [-0.05, 0) is 48.2 Å². The maximum atomic E-state index is 12.5. The van der Waals surface area contributed by atoms with Crippen LogP contribution in [0, 0.1) is 0 Å². The van der Waals surface area contributed by atoms with Gasteiger partial charge in [-0.3, -0.25) is 4.79 Å². The summed E-state index contributed by atoms with van der Waals surface area (Å²) in [5.41, 5.74) is 2.14. The Labute approximate surface area is 167 Å². The fraction of sp³-hybridized carbons (Fsp3) is 0.190. The van der Waals surface area contributed by atoms with Gasteiger partial charge in [-0.25, -0.2) is 0 Å². The van der Waals surface area contributed by atoms with Gasteiger partial charge in [0.1, 0.15) is 12.4 Å². The summed E-state index contributed by atoms with van der Waals surface area (Å²) in [4.78, 5) is 16.7. The van der Waals surface area contributed by atoms with Gasteiger partial charge in [0.25, 0.3) is 5.91 Å². The molecule has 0 aliphatic carbocycles. The van der Waals surface area contributed by atoms with Crippen LogP contribution in [0.4, 0.5) is 10.7 Å². The standard InChI is InChI=1S/C21H20N2O2S2/c1-26-16-8-6-15(7-9-16)14-22-21(24)19-10-11-20(27-19)23-12-13-25-18-5-3-2-4-17(18)23/h2-11H,12-14H2,1H3,(H,22,24). The second kappa shape index (κ2) is 8.06. The molecule has 2 aromatic carbocycles. The number of thiophene rings is 1. The zero-order valence-electron chi connectivity index (χ0n) is 15.0. The number of hydrogen-bond donors (Lipinski definition) is 1. The lowest BCUT2D eigenvalue weighted by atomic mass is 10.2. The SMILES string of the molecule is CSc1ccc(CNC(=O)c2ccc(N3CCOc4ccccc43)s2)cc1. The molecule has 0 unspecified atom stereocenters. The summed E-state index contributed by atoms with van der Waals surface area (Å²) in [7, 11) is 0. The van der Waals surface area contributed by atoms with Crippen LogP contribution in [0.1, 0.15) is 15.2 Å². The van der Waals surface area contributed by atoms with Crippen LogP contribution in [0.3, 0.4) is 0 Å². The molecule has 0 radical (unpaired) electrons. The molecular weight excluding hydrogens is 376 g/mol. The van der Waals surface area contributed by atoms with Gasteiger partial charge in [-0.2, -0.15) is 0 Å². The number of para-hydroxylation sites is 2. The smallest absolute Gasteiger partial charge is 0.261 e. The van der Waals surface area contributed by atoms with Crippen molar-refractivity contribution in [2.45, 2.75) is 11.4 Å². The van der Waals surface area contributed by atoms with Crippen LogP contribution >= 0.6 is 23.1 Å². The van der Waals surface area contributed by atoms with Crippen molar-refractivity contribution in [3.8, 4) is 5.75 Å². The molecule has 1 aromatic heterocycles. The normalized spacial score (nSPS) is 13.0. The van der Waals surface area contributed by atoms with Crippen molar-refractivity contribution >= 4 is 39.7 Å². The average molecular weight is 397 g/mol. The topological polar surface area (TPSA) is 41.6 Å². The molecule has 1 aliphatic rings. The number of benzene rings is 2. The Morgan fingerprint density at radius 2 is 1.96 bits per heavy atom. The molecule has 3 aromatic rings. The molecule has 1 N–H and O–H groups in total. The van der Waals surface area contributed by atoms with E-state index in [0.29, 0.717) is 13.2 Å². The summed E-state index contributed by atoms with van der Waals surface area (Å²) in [5, 5.41) is 4.07. The van der Waals surface area contributed by atoms with E-state index in [4.69, 9.17) is 4.74 Å². The van der Waals surface area contributed by atoms with Crippen LogP contribution in [-0.2, 0) is 6.54 Å². The van der Waals surface area contributed by atoms with E-state index in [1.54, 1.807) is 11.8 Å². The summed E-state index contributed by atoms with van der Waals surface area (Å²) in [6, 6.07) is 20.2. The molecule has 4 rings (SSSR count). The third kappa shape index (κ3) is 3.96. The Morgan fingerprint density at radius 3 is 2.78 bits per heavy atom. The van der Waals surface area contributed by atoms with Crippen molar-refractivity contribution in [2.75, 3.05) is 24.3 Å². The second-order valence-corrected chi connectivity index (χ2v) is 8.08. The highest BCUT2D eigenvalue weighted by molar-refractivity contribution is 7.98. The Hall–Kier alpha value is -2.44. The average Bonchev–Trinajstić information content (AvgIpc) is 3.22. The summed E-state index contributed by atoms with van der Waals surface area (Å²) in [6.45, 7) is 1.95. The lowest BCUT2D eigenvalue weighted by Gasteiger charge is -2.29. The van der Waals surface area contributed by atoms with Gasteiger partial charge in [-0.1, -0.05) is 24.3 Å². The van der Waals surface area contributed by atoms with Crippen LogP contribution in [-0.4, -0.2) is 25.3 Å². The predicted octanol–water partition coefficient (Wildman–Crippen LogP) is 4.93. The fourth-order valence-corrected chi connectivity index (χ4v) is 4.38. The van der Waals surface area contributed by atoms with Crippen LogP contribution < -0.4 is 15.0 Å². The van der Waals surface area contributed by atoms with Crippen LogP contribution in [0.2, 0.25) is 0 Å². The Bertz CT molecular complexity index is 937. The van der Waals surface area contributed by atoms with Gasteiger partial charge in [0.2, 0.25) is 0 Å². The second-order valence-electron chi connectivity index (χ2n) is 6.14. The van der Waals surface area contributed by atoms with E-state index in [0.717, 1.165) is 33.4 Å². The highest BCUT2D eigenvalue weighted by Crippen LogP contribution is 2.39. The summed E-state index contributed by atoms with van der Waals surface area (Å²) < 4.78 is 5.72. The minimum Gasteiger partial charge on any atom is -0.490 e. The Morgan fingerprint density at radius 1 is 1.15 bits per heavy atom. The zero-order valence-corrected chi connectivity index (χ0v) is 16.6. The first-order chi connectivity index (χ1) is 13.2. The fourth-order valence-electron chi connectivity index (χ4n) is 3.01. The monoisotopic (exact) mass is 396 g/mol. The van der Waals surface area contributed by atoms with Gasteiger partial charge in [0.05, 0.1) is 22.1 Å². The molecule has 0 spiro atoms. The summed E-state index contributed by atoms with van der Waals surface area (Å²) in [6.07, 6.45) is 2.05. The highest BCUT2D eigenvalue weighted by atomic mass is 32.2. The predicted molar refractivity (Wildman–Crippen MR) is 113 cm³/mol. The first-order valence-electron chi connectivity index (χ1n) is 8.75. The van der Waals surface area contributed by atoms with E-state index in [2.05, 4.69) is 40.7 Å². The number of nitrogens with one attached hydrogen (secondary N) is 1. The molecule has 0 saturated carbocycles. The molecular formula is C21H20N2O2S2. The number of amides is 1. The first-order valence-corrected chi connectivity index (χ1v) is 10.8. The summed E-state index contributed by atoms with van der Waals surface area (Å²) in [5.74, 6) is 0.846. The van der Waals surface area contributed by atoms with Crippen molar-refractivity contribution in [3.63, 3.8) is 0 Å². The molecule has 6 heteroatoms. The molecule has 2 heterocycles. The molecule has 0 atom stereocenters. The number of rotatable bonds is 5. The van der Waals surface area contributed by atoms with E-state index in [9.17, 15) is 4.79 Å². The van der Waals surface area contributed by atoms with Gasteiger partial charge >= 0.3 is 0 Å². The van der Waals surface area contributed by atoms with E-state index in [1.807, 2.05) is 36.4 Å². The van der Waals surface area contributed by atoms with E-state index in [1.165, 1.54) is 16.2 Å². The molecule has 1 amide bonds. The molecule has 0 fully saturated rings. The third-order valence-electron chi connectivity index (χ3n) is 4.42. The molecule has 4 nitrogen and oxygen atoms in total. The third-order valence-corrected chi connectivity index (χ3v) is 6.27. The van der Waals surface area contributed by atoms with E-state index in [-0.39, 0.29) is 5.91 Å². The molecule has 1 aliphatic heterocycles. The Kier molecular flexibility index (Phi) is 5.36. The van der Waals surface area contributed by atoms with E-state index >= 15 is 0 Å². The minimum absolute atomic E-state index is 0.0401. The van der Waals surface area contributed by atoms with Crippen LogP contribution in [0.25, 0.3) is 0 Å². The van der Waals surface area contributed by atoms with Gasteiger partial charge in [-0.15, -0.1) is 23.1 Å². The van der Waals surface area contributed by atoms with Gasteiger partial charge < -0.3 is 15.0 Å². The zero-order chi connectivity index (χ0) is 18.6. The minimum atomic E-state index is -0.0401. The number of hydrogen-bond acceptors (Lipinski definition) is 5. The quantitative estimate of drug-likeness (QED) is 0.621. The lowest BCUT2D eigenvalue weighted by molar-refractivity contribution is 0.0955. The Balaban J connectivity index is 1.44. The van der Waals surface area contributed by atoms with E-state index < -0.39 is 0 Å². The van der Waals surface area contributed by atoms with Crippen LogP contribution in [0.5, 0.6) is 5.75 Å². The van der Waals surface area contributed by atoms with Crippen molar-refractivity contribution in [2.24, 2.45) is 0 Å². The number of thioether (sulfide) groups is 1. The first kappa shape index (κ1) is 17.9. The molecule has 0 saturated heterocycles. The largest absolute Gasteiger partial charge is 0.490 e. The maximum absolute atomic E-state index is 12.5. The van der Waals surface area contributed by atoms with Crippen molar-refractivity contribution < 1.29 is 9.53 Å². The van der Waals surface area contributed by atoms with Gasteiger partial charge in [0, 0.05) is 11.4 Å². The number of fused-ring (bicyclic) bond motifs is 1. The van der Waals surface area contributed by atoms with Crippen LogP contribution in [0.15, 0.2) is 65.6 Å².